The van der Waals surface area contributed by atoms with E-state index in [1.54, 1.807) is 36.1 Å². The molecule has 6 nitrogen and oxygen atoms in total. The van der Waals surface area contributed by atoms with Crippen molar-refractivity contribution in [3.8, 4) is 0 Å². The molecule has 132 valence electrons. The molecule has 0 N–H and O–H groups in total. The first-order valence-corrected chi connectivity index (χ1v) is 9.82. The van der Waals surface area contributed by atoms with Gasteiger partial charge in [-0.15, -0.1) is 0 Å². The summed E-state index contributed by atoms with van der Waals surface area (Å²) in [7, 11) is -3.68. The number of ether oxygens (including phenoxy) is 1. The molecule has 0 radical (unpaired) electrons. The molecule has 2 aromatic carbocycles. The predicted octanol–water partition coefficient (Wildman–Crippen LogP) is 2.55. The number of rotatable bonds is 6. The fraction of sp³-hybridized carbons (Fsp3) is 0.333. The van der Waals surface area contributed by atoms with Gasteiger partial charge in [0.15, 0.2) is 9.84 Å². The number of benzene rings is 2. The normalized spacial score (nSPS) is 13.5. The minimum atomic E-state index is -3.68. The fourth-order valence-corrected chi connectivity index (χ4v) is 4.60. The third-order valence-corrected chi connectivity index (χ3v) is 6.04. The van der Waals surface area contributed by atoms with Crippen LogP contribution in [0.25, 0.3) is 10.8 Å². The highest BCUT2D eigenvalue weighted by Gasteiger charge is 2.31. The molecular weight excluding hydrogens is 342 g/mol. The molecule has 0 aromatic heterocycles. The molecule has 1 amide bonds. The Morgan fingerprint density at radius 2 is 1.92 bits per heavy atom. The molecule has 7 heteroatoms. The first-order valence-electron chi connectivity index (χ1n) is 8.16. The summed E-state index contributed by atoms with van der Waals surface area (Å²) in [5, 5.41) is 1.18. The summed E-state index contributed by atoms with van der Waals surface area (Å²) in [6, 6.07) is 8.27. The van der Waals surface area contributed by atoms with Gasteiger partial charge in [0, 0.05) is 22.9 Å². The number of nitrogens with zero attached hydrogens (tertiary/aromatic N) is 1. The highest BCUT2D eigenvalue weighted by atomic mass is 32.2. The maximum Gasteiger partial charge on any atom is 0.306 e. The minimum Gasteiger partial charge on any atom is -0.466 e. The molecule has 0 atom stereocenters. The smallest absolute Gasteiger partial charge is 0.306 e. The highest BCUT2D eigenvalue weighted by Crippen LogP contribution is 2.40. The molecule has 0 spiro atoms. The van der Waals surface area contributed by atoms with Gasteiger partial charge in [-0.05, 0) is 32.0 Å². The molecular formula is C18H19NO5S. The molecule has 2 aromatic rings. The lowest BCUT2D eigenvalue weighted by Crippen LogP contribution is -2.25. The van der Waals surface area contributed by atoms with Crippen molar-refractivity contribution >= 4 is 38.2 Å². The van der Waals surface area contributed by atoms with E-state index in [4.69, 9.17) is 4.74 Å². The molecule has 0 fully saturated rings. The van der Waals surface area contributed by atoms with Crippen LogP contribution in [0.5, 0.6) is 0 Å². The van der Waals surface area contributed by atoms with E-state index in [0.29, 0.717) is 22.9 Å². The van der Waals surface area contributed by atoms with Crippen LogP contribution < -0.4 is 4.90 Å². The van der Waals surface area contributed by atoms with Crippen molar-refractivity contribution in [3.63, 3.8) is 0 Å². The predicted molar refractivity (Wildman–Crippen MR) is 94.6 cm³/mol. The summed E-state index contributed by atoms with van der Waals surface area (Å²) in [5.74, 6) is -0.982. The van der Waals surface area contributed by atoms with Gasteiger partial charge in [-0.25, -0.2) is 8.42 Å². The lowest BCUT2D eigenvalue weighted by Gasteiger charge is -2.15. The molecule has 0 saturated heterocycles. The fourth-order valence-electron chi connectivity index (χ4n) is 3.17. The van der Waals surface area contributed by atoms with E-state index < -0.39 is 15.8 Å². The standard InChI is InChI=1S/C18H19NO5S/c1-3-19-14-8-9-15(25(22,23)11-10-16(20)24-4-2)12-6-5-7-13(17(12)14)18(19)21/h5-9H,3-4,10-11H2,1-2H3. The Bertz CT molecular complexity index is 965. The zero-order valence-corrected chi connectivity index (χ0v) is 14.9. The summed E-state index contributed by atoms with van der Waals surface area (Å²) in [4.78, 5) is 25.7. The van der Waals surface area contributed by atoms with E-state index in [9.17, 15) is 18.0 Å². The zero-order valence-electron chi connectivity index (χ0n) is 14.1. The van der Waals surface area contributed by atoms with Crippen LogP contribution in [0.15, 0.2) is 35.2 Å². The number of carbonyl (C=O) groups is 2. The Morgan fingerprint density at radius 3 is 2.60 bits per heavy atom. The monoisotopic (exact) mass is 361 g/mol. The van der Waals surface area contributed by atoms with Gasteiger partial charge >= 0.3 is 5.97 Å². The average Bonchev–Trinajstić information content (AvgIpc) is 2.87. The average molecular weight is 361 g/mol. The minimum absolute atomic E-state index is 0.121. The Hall–Kier alpha value is -2.41. The first-order chi connectivity index (χ1) is 11.9. The van der Waals surface area contributed by atoms with Gasteiger partial charge < -0.3 is 9.64 Å². The van der Waals surface area contributed by atoms with Crippen LogP contribution in [0.1, 0.15) is 30.6 Å². The molecule has 0 saturated carbocycles. The highest BCUT2D eigenvalue weighted by molar-refractivity contribution is 7.91. The van der Waals surface area contributed by atoms with Crippen LogP contribution in [0.3, 0.4) is 0 Å². The third kappa shape index (κ3) is 2.89. The maximum atomic E-state index is 12.7. The molecule has 1 heterocycles. The van der Waals surface area contributed by atoms with Gasteiger partial charge in [0.25, 0.3) is 5.91 Å². The Labute approximate surface area is 146 Å². The number of carbonyl (C=O) groups excluding carboxylic acids is 2. The number of hydrogen-bond acceptors (Lipinski definition) is 5. The Kier molecular flexibility index (Phi) is 4.51. The van der Waals surface area contributed by atoms with Crippen molar-refractivity contribution in [1.29, 1.82) is 0 Å². The van der Waals surface area contributed by atoms with Gasteiger partial charge in [-0.2, -0.15) is 0 Å². The molecule has 0 bridgehead atoms. The van der Waals surface area contributed by atoms with E-state index in [1.165, 1.54) is 6.07 Å². The molecule has 1 aliphatic heterocycles. The number of hydrogen-bond donors (Lipinski definition) is 0. The third-order valence-electron chi connectivity index (χ3n) is 4.28. The molecule has 3 rings (SSSR count). The van der Waals surface area contributed by atoms with Crippen molar-refractivity contribution in [2.45, 2.75) is 25.2 Å². The van der Waals surface area contributed by atoms with E-state index in [0.717, 1.165) is 5.69 Å². The summed E-state index contributed by atoms with van der Waals surface area (Å²) < 4.78 is 30.2. The lowest BCUT2D eigenvalue weighted by molar-refractivity contribution is -0.142. The Morgan fingerprint density at radius 1 is 1.16 bits per heavy atom. The quantitative estimate of drug-likeness (QED) is 0.739. The molecule has 1 aliphatic rings. The number of sulfone groups is 1. The van der Waals surface area contributed by atoms with Crippen LogP contribution in [0.2, 0.25) is 0 Å². The first kappa shape index (κ1) is 17.4. The van der Waals surface area contributed by atoms with Crippen molar-refractivity contribution in [3.05, 3.63) is 35.9 Å². The van der Waals surface area contributed by atoms with Crippen molar-refractivity contribution in [2.75, 3.05) is 23.8 Å². The summed E-state index contributed by atoms with van der Waals surface area (Å²) >= 11 is 0. The second-order valence-corrected chi connectivity index (χ2v) is 7.81. The summed E-state index contributed by atoms with van der Waals surface area (Å²) in [6.07, 6.45) is -0.195. The van der Waals surface area contributed by atoms with Crippen molar-refractivity contribution < 1.29 is 22.7 Å². The Balaban J connectivity index is 2.07. The van der Waals surface area contributed by atoms with Crippen LogP contribution in [-0.4, -0.2) is 39.2 Å². The largest absolute Gasteiger partial charge is 0.466 e. The topological polar surface area (TPSA) is 80.8 Å². The van der Waals surface area contributed by atoms with Crippen LogP contribution in [0.4, 0.5) is 5.69 Å². The van der Waals surface area contributed by atoms with Crippen LogP contribution >= 0.6 is 0 Å². The summed E-state index contributed by atoms with van der Waals surface area (Å²) in [5.41, 5.74) is 1.24. The van der Waals surface area contributed by atoms with Crippen LogP contribution in [0, 0.1) is 0 Å². The molecule has 0 aliphatic carbocycles. The van der Waals surface area contributed by atoms with Gasteiger partial charge in [-0.3, -0.25) is 9.59 Å². The lowest BCUT2D eigenvalue weighted by atomic mass is 10.1. The SMILES string of the molecule is CCOC(=O)CCS(=O)(=O)c1ccc2c3c(cccc13)C(=O)N2CC. The van der Waals surface area contributed by atoms with Gasteiger partial charge in [0.2, 0.25) is 0 Å². The number of anilines is 1. The maximum absolute atomic E-state index is 12.7. The van der Waals surface area contributed by atoms with Gasteiger partial charge in [0.1, 0.15) is 0 Å². The van der Waals surface area contributed by atoms with Crippen molar-refractivity contribution in [1.82, 2.24) is 0 Å². The number of esters is 1. The van der Waals surface area contributed by atoms with Gasteiger partial charge in [-0.1, -0.05) is 12.1 Å². The van der Waals surface area contributed by atoms with E-state index in [1.807, 2.05) is 6.92 Å². The summed E-state index contributed by atoms with van der Waals surface area (Å²) in [6.45, 7) is 4.28. The van der Waals surface area contributed by atoms with E-state index in [-0.39, 0.29) is 29.6 Å². The number of amides is 1. The van der Waals surface area contributed by atoms with E-state index in [2.05, 4.69) is 0 Å². The second kappa shape index (κ2) is 6.48. The van der Waals surface area contributed by atoms with E-state index >= 15 is 0 Å². The zero-order chi connectivity index (χ0) is 18.2. The van der Waals surface area contributed by atoms with Crippen LogP contribution in [-0.2, 0) is 19.4 Å². The van der Waals surface area contributed by atoms with Crippen molar-refractivity contribution in [2.24, 2.45) is 0 Å². The second-order valence-electron chi connectivity index (χ2n) is 5.73. The molecule has 25 heavy (non-hydrogen) atoms. The molecule has 0 unspecified atom stereocenters. The van der Waals surface area contributed by atoms with Gasteiger partial charge in [0.05, 0.1) is 29.4 Å².